The topological polar surface area (TPSA) is 101 Å². The standard InChI is InChI=1S/C24H21F4N7O2S/c1-34-7-5-15(25)17(6-8-34)31-16-3-2-4-18-14(16)9-19(35(18)12-24(26,27)28)23-32-21(33-37-23)11-30-22(36)20-10-29-13-38-20/h2-5,9-10,13H,6-8,11-12H2,1H3,(H,30,36). The van der Waals surface area contributed by atoms with Crippen molar-refractivity contribution in [1.29, 1.82) is 0 Å². The van der Waals surface area contributed by atoms with Crippen LogP contribution in [0.25, 0.3) is 22.5 Å². The normalized spacial score (nSPS) is 16.1. The van der Waals surface area contributed by atoms with Crippen molar-refractivity contribution in [1.82, 2.24) is 29.9 Å². The average Bonchev–Trinajstić information content (AvgIpc) is 3.62. The van der Waals surface area contributed by atoms with E-state index in [2.05, 4.69) is 25.4 Å². The second kappa shape index (κ2) is 10.5. The molecule has 0 unspecified atom stereocenters. The fourth-order valence-electron chi connectivity index (χ4n) is 4.01. The molecule has 3 aromatic heterocycles. The van der Waals surface area contributed by atoms with E-state index in [1.807, 2.05) is 11.9 Å². The molecule has 4 heterocycles. The Morgan fingerprint density at radius 1 is 1.32 bits per heavy atom. The first-order chi connectivity index (χ1) is 18.2. The second-order valence-corrected chi connectivity index (χ2v) is 9.51. The van der Waals surface area contributed by atoms with Crippen molar-refractivity contribution in [2.24, 2.45) is 4.99 Å². The third kappa shape index (κ3) is 5.65. The number of likely N-dealkylation sites (N-methyl/N-ethyl adjacent to an activating group) is 1. The molecule has 1 amide bonds. The number of alkyl halides is 3. The van der Waals surface area contributed by atoms with Crippen LogP contribution in [0.4, 0.5) is 23.2 Å². The number of carbonyl (C=O) groups is 1. The van der Waals surface area contributed by atoms with E-state index < -0.39 is 18.5 Å². The van der Waals surface area contributed by atoms with E-state index in [0.717, 1.165) is 15.9 Å². The van der Waals surface area contributed by atoms with Crippen molar-refractivity contribution in [3.8, 4) is 11.6 Å². The first-order valence-electron chi connectivity index (χ1n) is 11.5. The SMILES string of the molecule is CN1CC=C(F)C(=Nc2cccc3c2cc(-c2nc(CNC(=O)c4cncs4)no2)n3CC(F)(F)F)CC1. The number of rotatable bonds is 6. The predicted octanol–water partition coefficient (Wildman–Crippen LogP) is 4.90. The average molecular weight is 548 g/mol. The van der Waals surface area contributed by atoms with Gasteiger partial charge in [0.25, 0.3) is 11.8 Å². The number of hydrogen-bond acceptors (Lipinski definition) is 8. The summed E-state index contributed by atoms with van der Waals surface area (Å²) in [5.74, 6) is -0.923. The maximum Gasteiger partial charge on any atom is 0.406 e. The Morgan fingerprint density at radius 2 is 2.16 bits per heavy atom. The molecule has 0 atom stereocenters. The summed E-state index contributed by atoms with van der Waals surface area (Å²) < 4.78 is 61.6. The molecule has 38 heavy (non-hydrogen) atoms. The van der Waals surface area contributed by atoms with Gasteiger partial charge in [-0.1, -0.05) is 11.2 Å². The van der Waals surface area contributed by atoms with E-state index in [4.69, 9.17) is 4.52 Å². The molecule has 0 fully saturated rings. The molecule has 198 valence electrons. The molecule has 1 aliphatic heterocycles. The molecule has 1 aliphatic rings. The minimum absolute atomic E-state index is 0.0223. The molecule has 0 radical (unpaired) electrons. The lowest BCUT2D eigenvalue weighted by molar-refractivity contribution is -0.139. The molecular weight excluding hydrogens is 526 g/mol. The lowest BCUT2D eigenvalue weighted by Crippen LogP contribution is -2.22. The number of allylic oxidation sites excluding steroid dienone is 1. The number of hydrogen-bond donors (Lipinski definition) is 1. The Kier molecular flexibility index (Phi) is 7.08. The van der Waals surface area contributed by atoms with E-state index in [9.17, 15) is 22.4 Å². The van der Waals surface area contributed by atoms with E-state index >= 15 is 0 Å². The van der Waals surface area contributed by atoms with Crippen LogP contribution in [-0.2, 0) is 13.1 Å². The van der Waals surface area contributed by atoms with Gasteiger partial charge in [0.05, 0.1) is 35.2 Å². The largest absolute Gasteiger partial charge is 0.406 e. The van der Waals surface area contributed by atoms with Crippen LogP contribution >= 0.6 is 11.3 Å². The number of aromatic nitrogens is 4. The van der Waals surface area contributed by atoms with Crippen LogP contribution in [-0.4, -0.2) is 62.5 Å². The number of carbonyl (C=O) groups excluding carboxylic acids is 1. The fraction of sp³-hybridized carbons (Fsp3) is 0.292. The van der Waals surface area contributed by atoms with Crippen LogP contribution in [0.5, 0.6) is 0 Å². The minimum Gasteiger partial charge on any atom is -0.344 e. The third-order valence-corrected chi connectivity index (χ3v) is 6.63. The van der Waals surface area contributed by atoms with Crippen LogP contribution in [0.15, 0.2) is 57.4 Å². The number of thiazole rings is 1. The first kappa shape index (κ1) is 25.7. The number of halogens is 4. The van der Waals surface area contributed by atoms with Crippen molar-refractivity contribution in [2.75, 3.05) is 20.1 Å². The summed E-state index contributed by atoms with van der Waals surface area (Å²) in [5, 5.41) is 6.79. The third-order valence-electron chi connectivity index (χ3n) is 5.85. The monoisotopic (exact) mass is 547 g/mol. The van der Waals surface area contributed by atoms with Crippen LogP contribution in [0.2, 0.25) is 0 Å². The quantitative estimate of drug-likeness (QED) is 0.345. The van der Waals surface area contributed by atoms with Gasteiger partial charge in [-0.2, -0.15) is 18.2 Å². The molecule has 0 saturated carbocycles. The van der Waals surface area contributed by atoms with Crippen molar-refractivity contribution in [2.45, 2.75) is 25.7 Å². The van der Waals surface area contributed by atoms with Gasteiger partial charge in [-0.15, -0.1) is 11.3 Å². The highest BCUT2D eigenvalue weighted by Crippen LogP contribution is 2.36. The molecule has 4 aromatic rings. The summed E-state index contributed by atoms with van der Waals surface area (Å²) in [4.78, 5) is 27.0. The highest BCUT2D eigenvalue weighted by Gasteiger charge is 2.31. The molecule has 0 bridgehead atoms. The van der Waals surface area contributed by atoms with Crippen molar-refractivity contribution < 1.29 is 26.9 Å². The van der Waals surface area contributed by atoms with Gasteiger partial charge in [-0.25, -0.2) is 9.38 Å². The number of amides is 1. The number of benzene rings is 1. The van der Waals surface area contributed by atoms with E-state index in [-0.39, 0.29) is 41.1 Å². The molecule has 14 heteroatoms. The van der Waals surface area contributed by atoms with Crippen molar-refractivity contribution >= 4 is 39.5 Å². The maximum atomic E-state index is 14.6. The van der Waals surface area contributed by atoms with Crippen molar-refractivity contribution in [3.05, 3.63) is 58.6 Å². The zero-order valence-corrected chi connectivity index (χ0v) is 20.8. The predicted molar refractivity (Wildman–Crippen MR) is 133 cm³/mol. The van der Waals surface area contributed by atoms with Crippen LogP contribution in [0, 0.1) is 0 Å². The number of nitrogens with zero attached hydrogens (tertiary/aromatic N) is 6. The Hall–Kier alpha value is -3.91. The molecule has 9 nitrogen and oxygen atoms in total. The van der Waals surface area contributed by atoms with E-state index in [1.54, 1.807) is 12.1 Å². The Labute approximate surface area is 217 Å². The lowest BCUT2D eigenvalue weighted by Gasteiger charge is -2.12. The number of nitrogens with one attached hydrogen (secondary N) is 1. The highest BCUT2D eigenvalue weighted by molar-refractivity contribution is 7.11. The zero-order chi connectivity index (χ0) is 26.9. The molecular formula is C24H21F4N7O2S. The van der Waals surface area contributed by atoms with Gasteiger partial charge in [-0.3, -0.25) is 9.78 Å². The Morgan fingerprint density at radius 3 is 2.92 bits per heavy atom. The van der Waals surface area contributed by atoms with Gasteiger partial charge >= 0.3 is 6.18 Å². The Bertz CT molecular complexity index is 1520. The van der Waals surface area contributed by atoms with Crippen LogP contribution in [0.3, 0.4) is 0 Å². The minimum atomic E-state index is -4.55. The van der Waals surface area contributed by atoms with Gasteiger partial charge in [0.15, 0.2) is 5.82 Å². The smallest absolute Gasteiger partial charge is 0.344 e. The molecule has 0 saturated heterocycles. The second-order valence-electron chi connectivity index (χ2n) is 8.63. The molecule has 0 spiro atoms. The summed E-state index contributed by atoms with van der Waals surface area (Å²) in [6.45, 7) is -0.391. The number of fused-ring (bicyclic) bond motifs is 1. The lowest BCUT2D eigenvalue weighted by atomic mass is 10.2. The van der Waals surface area contributed by atoms with E-state index in [0.29, 0.717) is 35.5 Å². The fourth-order valence-corrected chi connectivity index (χ4v) is 4.55. The zero-order valence-electron chi connectivity index (χ0n) is 20.0. The Balaban J connectivity index is 1.51. The van der Waals surface area contributed by atoms with Gasteiger partial charge in [-0.05, 0) is 31.3 Å². The summed E-state index contributed by atoms with van der Waals surface area (Å²) in [6.07, 6.45) is -1.35. The molecule has 1 N–H and O–H groups in total. The van der Waals surface area contributed by atoms with Gasteiger partial charge in [0.1, 0.15) is 22.9 Å². The van der Waals surface area contributed by atoms with Gasteiger partial charge in [0.2, 0.25) is 0 Å². The summed E-state index contributed by atoms with van der Waals surface area (Å²) in [5.41, 5.74) is 2.31. The van der Waals surface area contributed by atoms with Gasteiger partial charge < -0.3 is 19.3 Å². The van der Waals surface area contributed by atoms with Crippen molar-refractivity contribution in [3.63, 3.8) is 0 Å². The van der Waals surface area contributed by atoms with Crippen LogP contribution < -0.4 is 5.32 Å². The van der Waals surface area contributed by atoms with E-state index in [1.165, 1.54) is 29.9 Å². The van der Waals surface area contributed by atoms with Gasteiger partial charge in [0, 0.05) is 24.9 Å². The first-order valence-corrected chi connectivity index (χ1v) is 12.4. The maximum absolute atomic E-state index is 14.6. The summed E-state index contributed by atoms with van der Waals surface area (Å²) in [6, 6.07) is 6.18. The molecule has 5 rings (SSSR count). The summed E-state index contributed by atoms with van der Waals surface area (Å²) in [7, 11) is 1.86. The molecule has 0 aliphatic carbocycles. The highest BCUT2D eigenvalue weighted by atomic mass is 32.1. The number of aliphatic imine (C=N–C) groups is 1. The summed E-state index contributed by atoms with van der Waals surface area (Å²) >= 11 is 1.16. The molecule has 1 aromatic carbocycles. The van der Waals surface area contributed by atoms with Crippen LogP contribution in [0.1, 0.15) is 21.9 Å².